The van der Waals surface area contributed by atoms with Crippen LogP contribution in [0, 0.1) is 13.8 Å². The van der Waals surface area contributed by atoms with Gasteiger partial charge in [0.25, 0.3) is 0 Å². The molecule has 8 heteroatoms. The number of thioether (sulfide) groups is 2. The van der Waals surface area contributed by atoms with Crippen LogP contribution in [0.2, 0.25) is 0 Å². The van der Waals surface area contributed by atoms with E-state index in [4.69, 9.17) is 19.9 Å². The van der Waals surface area contributed by atoms with Crippen molar-refractivity contribution in [2.45, 2.75) is 88.1 Å². The van der Waals surface area contributed by atoms with Gasteiger partial charge in [-0.25, -0.2) is 19.9 Å². The highest BCUT2D eigenvalue weighted by molar-refractivity contribution is 7.99. The maximum absolute atomic E-state index is 4.86. The molecule has 0 radical (unpaired) electrons. The number of unbranched alkanes of at least 4 members (excludes halogenated alkanes) is 1. The predicted molar refractivity (Wildman–Crippen MR) is 148 cm³/mol. The number of thiophene rings is 2. The van der Waals surface area contributed by atoms with Gasteiger partial charge in [0.05, 0.1) is 0 Å². The summed E-state index contributed by atoms with van der Waals surface area (Å²) in [4.78, 5) is 24.8. The minimum atomic E-state index is 0.909. The molecule has 178 valence electrons. The Morgan fingerprint density at radius 2 is 1.06 bits per heavy atom. The zero-order valence-electron chi connectivity index (χ0n) is 19.9. The Kier molecular flexibility index (Phi) is 6.84. The number of fused-ring (bicyclic) bond motifs is 6. The lowest BCUT2D eigenvalue weighted by Crippen LogP contribution is -2.00. The fourth-order valence-corrected chi connectivity index (χ4v) is 10.2. The summed E-state index contributed by atoms with van der Waals surface area (Å²) < 4.78 is 0. The molecule has 0 bridgehead atoms. The maximum atomic E-state index is 4.86. The second-order valence-corrected chi connectivity index (χ2v) is 13.7. The standard InChI is InChI=1S/C26H30N4S4/c1-15-27-23(21-17-9-3-5-11-19(17)33-25(21)29-15)31-13-7-8-14-32-24-22-18-10-4-6-12-20(18)34-26(22)30-16(2)28-24/h3-14H2,1-2H3. The second-order valence-electron chi connectivity index (χ2n) is 9.34. The van der Waals surface area contributed by atoms with Gasteiger partial charge in [-0.3, -0.25) is 0 Å². The van der Waals surface area contributed by atoms with Gasteiger partial charge < -0.3 is 0 Å². The molecule has 4 aromatic heterocycles. The molecule has 34 heavy (non-hydrogen) atoms. The number of nitrogens with zero attached hydrogens (tertiary/aromatic N) is 4. The van der Waals surface area contributed by atoms with Crippen LogP contribution in [0.5, 0.6) is 0 Å². The van der Waals surface area contributed by atoms with Crippen molar-refractivity contribution in [2.75, 3.05) is 11.5 Å². The Balaban J connectivity index is 1.10. The van der Waals surface area contributed by atoms with E-state index in [2.05, 4.69) is 0 Å². The second kappa shape index (κ2) is 10.0. The van der Waals surface area contributed by atoms with Gasteiger partial charge >= 0.3 is 0 Å². The number of hydrogen-bond acceptors (Lipinski definition) is 8. The van der Waals surface area contributed by atoms with Gasteiger partial charge in [0.15, 0.2) is 0 Å². The molecule has 0 aromatic carbocycles. The smallest absolute Gasteiger partial charge is 0.128 e. The molecule has 4 heterocycles. The third-order valence-electron chi connectivity index (χ3n) is 6.80. The molecule has 0 unspecified atom stereocenters. The first-order valence-electron chi connectivity index (χ1n) is 12.5. The van der Waals surface area contributed by atoms with E-state index in [1.807, 2.05) is 60.0 Å². The molecule has 4 aromatic rings. The summed E-state index contributed by atoms with van der Waals surface area (Å²) in [6, 6.07) is 0. The average Bonchev–Trinajstić information content (AvgIpc) is 3.38. The van der Waals surface area contributed by atoms with Crippen molar-refractivity contribution in [1.29, 1.82) is 0 Å². The summed E-state index contributed by atoms with van der Waals surface area (Å²) in [5, 5.41) is 5.16. The first-order valence-corrected chi connectivity index (χ1v) is 16.1. The van der Waals surface area contributed by atoms with Crippen molar-refractivity contribution in [1.82, 2.24) is 19.9 Å². The van der Waals surface area contributed by atoms with Crippen LogP contribution in [0.3, 0.4) is 0 Å². The Bertz CT molecular complexity index is 1250. The van der Waals surface area contributed by atoms with Crippen molar-refractivity contribution in [3.63, 3.8) is 0 Å². The van der Waals surface area contributed by atoms with E-state index in [0.29, 0.717) is 0 Å². The highest BCUT2D eigenvalue weighted by Gasteiger charge is 2.22. The fourth-order valence-electron chi connectivity index (χ4n) is 5.20. The summed E-state index contributed by atoms with van der Waals surface area (Å²) in [6.45, 7) is 4.07. The van der Waals surface area contributed by atoms with Crippen LogP contribution in [0.4, 0.5) is 0 Å². The van der Waals surface area contributed by atoms with E-state index in [0.717, 1.165) is 23.2 Å². The van der Waals surface area contributed by atoms with E-state index in [1.165, 1.54) is 94.7 Å². The van der Waals surface area contributed by atoms with E-state index in [-0.39, 0.29) is 0 Å². The van der Waals surface area contributed by atoms with Crippen LogP contribution in [-0.4, -0.2) is 31.4 Å². The molecule has 2 aliphatic rings. The van der Waals surface area contributed by atoms with Gasteiger partial charge in [-0.05, 0) is 101 Å². The average molecular weight is 527 g/mol. The van der Waals surface area contributed by atoms with E-state index in [9.17, 15) is 0 Å². The maximum Gasteiger partial charge on any atom is 0.128 e. The van der Waals surface area contributed by atoms with E-state index in [1.54, 1.807) is 20.9 Å². The van der Waals surface area contributed by atoms with Gasteiger partial charge in [-0.1, -0.05) is 0 Å². The fraction of sp³-hybridized carbons (Fsp3) is 0.538. The summed E-state index contributed by atoms with van der Waals surface area (Å²) in [5.41, 5.74) is 3.10. The molecule has 0 saturated carbocycles. The summed E-state index contributed by atoms with van der Waals surface area (Å²) >= 11 is 7.68. The van der Waals surface area contributed by atoms with Gasteiger partial charge in [0, 0.05) is 20.5 Å². The van der Waals surface area contributed by atoms with Crippen molar-refractivity contribution < 1.29 is 0 Å². The molecule has 0 saturated heterocycles. The summed E-state index contributed by atoms with van der Waals surface area (Å²) in [5.74, 6) is 4.05. The number of aryl methyl sites for hydroxylation is 6. The Morgan fingerprint density at radius 3 is 1.53 bits per heavy atom. The van der Waals surface area contributed by atoms with Gasteiger partial charge in [-0.2, -0.15) is 0 Å². The first-order chi connectivity index (χ1) is 16.7. The van der Waals surface area contributed by atoms with E-state index < -0.39 is 0 Å². The van der Waals surface area contributed by atoms with E-state index >= 15 is 0 Å². The molecule has 0 atom stereocenters. The van der Waals surface area contributed by atoms with Crippen LogP contribution < -0.4 is 0 Å². The van der Waals surface area contributed by atoms with Crippen LogP contribution in [-0.2, 0) is 25.7 Å². The normalized spacial score (nSPS) is 15.7. The quantitative estimate of drug-likeness (QED) is 0.139. The molecule has 0 fully saturated rings. The number of hydrogen-bond donors (Lipinski definition) is 0. The summed E-state index contributed by atoms with van der Waals surface area (Å²) in [7, 11) is 0. The van der Waals surface area contributed by atoms with Crippen LogP contribution in [0.15, 0.2) is 10.1 Å². The predicted octanol–water partition coefficient (Wildman–Crippen LogP) is 7.74. The SMILES string of the molecule is Cc1nc(SCCCCSc2nc(C)nc3sc4c(c23)CCCC4)c2c3c(sc2n1)CCCC3. The topological polar surface area (TPSA) is 51.6 Å². The van der Waals surface area contributed by atoms with Gasteiger partial charge in [-0.15, -0.1) is 46.2 Å². The molecule has 0 N–H and O–H groups in total. The van der Waals surface area contributed by atoms with Crippen molar-refractivity contribution in [3.05, 3.63) is 32.5 Å². The minimum Gasteiger partial charge on any atom is -0.226 e. The molecular formula is C26H30N4S4. The van der Waals surface area contributed by atoms with Gasteiger partial charge in [0.2, 0.25) is 0 Å². The van der Waals surface area contributed by atoms with Crippen molar-refractivity contribution in [2.24, 2.45) is 0 Å². The van der Waals surface area contributed by atoms with Crippen molar-refractivity contribution in [3.8, 4) is 0 Å². The van der Waals surface area contributed by atoms with Crippen LogP contribution in [0.25, 0.3) is 20.4 Å². The lowest BCUT2D eigenvalue weighted by Gasteiger charge is -2.12. The largest absolute Gasteiger partial charge is 0.226 e. The molecule has 0 amide bonds. The minimum absolute atomic E-state index is 0.909. The lowest BCUT2D eigenvalue weighted by molar-refractivity contribution is 0.699. The Labute approximate surface area is 217 Å². The third kappa shape index (κ3) is 4.51. The zero-order chi connectivity index (χ0) is 23.1. The van der Waals surface area contributed by atoms with Crippen LogP contribution in [0.1, 0.15) is 71.1 Å². The van der Waals surface area contributed by atoms with Crippen LogP contribution >= 0.6 is 46.2 Å². The first kappa shape index (κ1) is 23.2. The molecule has 0 spiro atoms. The highest BCUT2D eigenvalue weighted by atomic mass is 32.2. The molecule has 2 aliphatic carbocycles. The molecule has 0 aliphatic heterocycles. The highest BCUT2D eigenvalue weighted by Crippen LogP contribution is 2.41. The Morgan fingerprint density at radius 1 is 0.618 bits per heavy atom. The third-order valence-corrected chi connectivity index (χ3v) is 11.3. The number of rotatable bonds is 7. The monoisotopic (exact) mass is 526 g/mol. The Hall–Kier alpha value is -1.22. The molecule has 6 rings (SSSR count). The van der Waals surface area contributed by atoms with Gasteiger partial charge in [0.1, 0.15) is 31.4 Å². The number of aromatic nitrogens is 4. The molecular weight excluding hydrogens is 497 g/mol. The van der Waals surface area contributed by atoms with Crippen molar-refractivity contribution >= 4 is 66.6 Å². The summed E-state index contributed by atoms with van der Waals surface area (Å²) in [6.07, 6.45) is 12.5. The lowest BCUT2D eigenvalue weighted by atomic mass is 9.97. The zero-order valence-corrected chi connectivity index (χ0v) is 23.2. The molecule has 4 nitrogen and oxygen atoms in total.